The molecule has 3 rings (SSSR count). The predicted octanol–water partition coefficient (Wildman–Crippen LogP) is 5.24. The van der Waals surface area contributed by atoms with Gasteiger partial charge < -0.3 is 5.11 Å². The van der Waals surface area contributed by atoms with Crippen molar-refractivity contribution >= 4 is 12.2 Å². The Hall–Kier alpha value is -1.62. The van der Waals surface area contributed by atoms with Gasteiger partial charge >= 0.3 is 0 Å². The molecule has 27 heavy (non-hydrogen) atoms. The number of aliphatic hydroxyl groups is 1. The lowest BCUT2D eigenvalue weighted by Gasteiger charge is -2.38. The fourth-order valence-electron chi connectivity index (χ4n) is 4.86. The van der Waals surface area contributed by atoms with Crippen LogP contribution >= 0.6 is 0 Å². The zero-order chi connectivity index (χ0) is 20.4. The molecule has 0 aliphatic heterocycles. The Morgan fingerprint density at radius 3 is 1.93 bits per heavy atom. The number of hydrogen-bond acceptors (Lipinski definition) is 3. The van der Waals surface area contributed by atoms with Gasteiger partial charge in [-0.05, 0) is 22.3 Å². The summed E-state index contributed by atoms with van der Waals surface area (Å²) < 4.78 is 0. The van der Waals surface area contributed by atoms with Crippen LogP contribution in [-0.2, 0) is 9.78 Å². The second kappa shape index (κ2) is 8.18. The van der Waals surface area contributed by atoms with E-state index in [4.69, 9.17) is 14.9 Å². The molecule has 146 valence electrons. The van der Waals surface area contributed by atoms with Crippen LogP contribution < -0.4 is 5.46 Å². The summed E-state index contributed by atoms with van der Waals surface area (Å²) in [6.07, 6.45) is -0.156. The Morgan fingerprint density at radius 2 is 1.37 bits per heavy atom. The van der Waals surface area contributed by atoms with E-state index in [-0.39, 0.29) is 16.7 Å². The zero-order valence-electron chi connectivity index (χ0n) is 18.0. The standard InChI is InChI=1S/C22H29BO2.CH4O/c1-21(2,3)23(22(4,5)6)15-12-13-17-16-10-8-9-11-18(16)20(25-24-7)19(17)14-15;1-2/h8-14,20H,1-7H3;2H,1H3. The van der Waals surface area contributed by atoms with E-state index >= 15 is 0 Å². The van der Waals surface area contributed by atoms with Gasteiger partial charge in [0.25, 0.3) is 0 Å². The van der Waals surface area contributed by atoms with Crippen LogP contribution in [0.2, 0.25) is 10.6 Å². The average Bonchev–Trinajstić information content (AvgIpc) is 2.88. The minimum atomic E-state index is -0.156. The molecule has 0 radical (unpaired) electrons. The highest BCUT2D eigenvalue weighted by atomic mass is 17.2. The molecule has 0 spiro atoms. The van der Waals surface area contributed by atoms with Crippen LogP contribution in [0, 0.1) is 0 Å². The summed E-state index contributed by atoms with van der Waals surface area (Å²) in [5.41, 5.74) is 6.26. The van der Waals surface area contributed by atoms with E-state index < -0.39 is 0 Å². The fourth-order valence-corrected chi connectivity index (χ4v) is 4.86. The van der Waals surface area contributed by atoms with E-state index in [2.05, 4.69) is 84.0 Å². The van der Waals surface area contributed by atoms with E-state index in [1.807, 2.05) is 0 Å². The molecule has 0 amide bonds. The van der Waals surface area contributed by atoms with Crippen molar-refractivity contribution in [3.05, 3.63) is 53.6 Å². The molecule has 2 aromatic carbocycles. The minimum absolute atomic E-state index is 0.156. The number of hydrogen-bond donors (Lipinski definition) is 1. The van der Waals surface area contributed by atoms with Gasteiger partial charge in [-0.25, -0.2) is 9.78 Å². The first kappa shape index (κ1) is 21.7. The summed E-state index contributed by atoms with van der Waals surface area (Å²) in [4.78, 5) is 10.7. The van der Waals surface area contributed by atoms with E-state index in [1.165, 1.54) is 27.7 Å². The quantitative estimate of drug-likeness (QED) is 0.457. The van der Waals surface area contributed by atoms with Gasteiger partial charge in [0.05, 0.1) is 7.11 Å². The summed E-state index contributed by atoms with van der Waals surface area (Å²) in [6, 6.07) is 15.3. The molecule has 0 saturated heterocycles. The lowest BCUT2D eigenvalue weighted by atomic mass is 9.21. The van der Waals surface area contributed by atoms with Crippen LogP contribution in [0.4, 0.5) is 0 Å². The first-order valence-corrected chi connectivity index (χ1v) is 9.52. The van der Waals surface area contributed by atoms with Crippen LogP contribution in [0.1, 0.15) is 58.8 Å². The molecule has 0 saturated carbocycles. The highest BCUT2D eigenvalue weighted by molar-refractivity contribution is 6.78. The first-order valence-electron chi connectivity index (χ1n) is 9.52. The van der Waals surface area contributed by atoms with Crippen LogP contribution in [0.15, 0.2) is 42.5 Å². The van der Waals surface area contributed by atoms with Gasteiger partial charge in [0, 0.05) is 7.11 Å². The normalized spacial score (nSPS) is 15.5. The van der Waals surface area contributed by atoms with Crippen LogP contribution in [0.25, 0.3) is 11.1 Å². The van der Waals surface area contributed by atoms with Gasteiger partial charge in [0.2, 0.25) is 0 Å². The van der Waals surface area contributed by atoms with E-state index in [9.17, 15) is 0 Å². The Kier molecular flexibility index (Phi) is 6.57. The van der Waals surface area contributed by atoms with Gasteiger partial charge in [0.1, 0.15) is 6.10 Å². The first-order chi connectivity index (χ1) is 12.6. The lowest BCUT2D eigenvalue weighted by Crippen LogP contribution is -2.46. The van der Waals surface area contributed by atoms with E-state index in [0.29, 0.717) is 6.71 Å². The Bertz CT molecular complexity index is 758. The highest BCUT2D eigenvalue weighted by Crippen LogP contribution is 2.46. The molecule has 1 atom stereocenters. The second-order valence-electron chi connectivity index (χ2n) is 9.24. The monoisotopic (exact) mass is 368 g/mol. The lowest BCUT2D eigenvalue weighted by molar-refractivity contribution is -0.297. The van der Waals surface area contributed by atoms with Crippen LogP contribution in [0.5, 0.6) is 0 Å². The second-order valence-corrected chi connectivity index (χ2v) is 9.24. The highest BCUT2D eigenvalue weighted by Gasteiger charge is 2.41. The van der Waals surface area contributed by atoms with Crippen LogP contribution in [-0.4, -0.2) is 26.0 Å². The van der Waals surface area contributed by atoms with Crippen molar-refractivity contribution in [3.8, 4) is 11.1 Å². The molecule has 1 aliphatic carbocycles. The third-order valence-electron chi connectivity index (χ3n) is 5.15. The maximum Gasteiger partial charge on any atom is 0.186 e. The third kappa shape index (κ3) is 4.29. The SMILES string of the molecule is CO.COOC1c2ccccc2-c2ccc(B(C(C)(C)C)C(C)(C)C)cc21. The maximum atomic E-state index is 7.00. The number of rotatable bonds is 3. The van der Waals surface area contributed by atoms with Crippen molar-refractivity contribution in [2.45, 2.75) is 58.3 Å². The van der Waals surface area contributed by atoms with Crippen molar-refractivity contribution in [1.82, 2.24) is 0 Å². The van der Waals surface area contributed by atoms with Gasteiger partial charge in [-0.2, -0.15) is 0 Å². The van der Waals surface area contributed by atoms with Crippen molar-refractivity contribution in [1.29, 1.82) is 0 Å². The van der Waals surface area contributed by atoms with Crippen molar-refractivity contribution in [3.63, 3.8) is 0 Å². The molecular weight excluding hydrogens is 335 g/mol. The molecule has 1 aliphatic rings. The predicted molar refractivity (Wildman–Crippen MR) is 115 cm³/mol. The summed E-state index contributed by atoms with van der Waals surface area (Å²) in [7, 11) is 2.58. The Labute approximate surface area is 164 Å². The largest absolute Gasteiger partial charge is 0.400 e. The van der Waals surface area contributed by atoms with Gasteiger partial charge in [-0.3, -0.25) is 0 Å². The molecule has 4 heteroatoms. The van der Waals surface area contributed by atoms with Gasteiger partial charge in [-0.15, -0.1) is 0 Å². The molecule has 1 unspecified atom stereocenters. The molecule has 3 nitrogen and oxygen atoms in total. The van der Waals surface area contributed by atoms with Crippen LogP contribution in [0.3, 0.4) is 0 Å². The number of fused-ring (bicyclic) bond motifs is 3. The van der Waals surface area contributed by atoms with Crippen molar-refractivity contribution in [2.24, 2.45) is 0 Å². The van der Waals surface area contributed by atoms with Gasteiger partial charge in [-0.1, -0.05) is 100 Å². The number of aliphatic hydroxyl groups excluding tert-OH is 1. The summed E-state index contributed by atoms with van der Waals surface area (Å²) in [5, 5.41) is 7.35. The molecule has 0 bridgehead atoms. The topological polar surface area (TPSA) is 38.7 Å². The van der Waals surface area contributed by atoms with E-state index in [1.54, 1.807) is 7.11 Å². The summed E-state index contributed by atoms with van der Waals surface area (Å²) in [6.45, 7) is 14.4. The Balaban J connectivity index is 0.00000126. The smallest absolute Gasteiger partial charge is 0.186 e. The average molecular weight is 368 g/mol. The molecular formula is C23H33BO3. The van der Waals surface area contributed by atoms with E-state index in [0.717, 1.165) is 7.11 Å². The molecule has 0 aromatic heterocycles. The van der Waals surface area contributed by atoms with Crippen molar-refractivity contribution < 1.29 is 14.9 Å². The number of benzene rings is 2. The van der Waals surface area contributed by atoms with Crippen molar-refractivity contribution in [2.75, 3.05) is 14.2 Å². The zero-order valence-corrected chi connectivity index (χ0v) is 18.0. The fraction of sp³-hybridized carbons (Fsp3) is 0.478. The Morgan fingerprint density at radius 1 is 0.815 bits per heavy atom. The third-order valence-corrected chi connectivity index (χ3v) is 5.15. The molecule has 2 aromatic rings. The molecule has 0 heterocycles. The van der Waals surface area contributed by atoms with Gasteiger partial charge in [0.15, 0.2) is 6.71 Å². The maximum absolute atomic E-state index is 7.00. The minimum Gasteiger partial charge on any atom is -0.400 e. The summed E-state index contributed by atoms with van der Waals surface area (Å²) in [5.74, 6) is 0. The molecule has 0 fully saturated rings. The summed E-state index contributed by atoms with van der Waals surface area (Å²) >= 11 is 0. The molecule has 1 N–H and O–H groups in total.